The highest BCUT2D eigenvalue weighted by Gasteiger charge is 2.21. The van der Waals surface area contributed by atoms with E-state index < -0.39 is 0 Å². The number of aromatic hydroxyl groups is 3. The zero-order valence-corrected chi connectivity index (χ0v) is 27.7. The fraction of sp³-hybridized carbons (Fsp3) is 0.0732. The summed E-state index contributed by atoms with van der Waals surface area (Å²) in [4.78, 5) is 27.5. The molecule has 0 aliphatic rings. The monoisotopic (exact) mass is 679 g/mol. The van der Waals surface area contributed by atoms with Gasteiger partial charge in [-0.1, -0.05) is 84.9 Å². The zero-order chi connectivity index (χ0) is 35.9. The van der Waals surface area contributed by atoms with Gasteiger partial charge in [0, 0.05) is 29.7 Å². The molecule has 0 atom stereocenters. The molecule has 0 unspecified atom stereocenters. The molecule has 1 heterocycles. The summed E-state index contributed by atoms with van der Waals surface area (Å²) in [6.07, 6.45) is 0.219. The van der Waals surface area contributed by atoms with Gasteiger partial charge in [-0.25, -0.2) is 0 Å². The summed E-state index contributed by atoms with van der Waals surface area (Å²) in [5.74, 6) is -0.137. The normalized spacial score (nSPS) is 10.6. The van der Waals surface area contributed by atoms with E-state index in [9.17, 15) is 24.9 Å². The first kappa shape index (κ1) is 33.9. The molecule has 10 heteroatoms. The van der Waals surface area contributed by atoms with Crippen LogP contribution in [0.25, 0.3) is 16.7 Å². The van der Waals surface area contributed by atoms with Crippen molar-refractivity contribution in [2.75, 3.05) is 14.2 Å². The number of phenolic OH excluding ortho intramolecular Hbond substituents is 3. The number of hydrogen-bond donors (Lipinski definition) is 3. The minimum Gasteiger partial charge on any atom is -0.507 e. The van der Waals surface area contributed by atoms with Crippen LogP contribution in [0.5, 0.6) is 28.7 Å². The lowest BCUT2D eigenvalue weighted by atomic mass is 9.94. The highest BCUT2D eigenvalue weighted by Crippen LogP contribution is 2.36. The van der Waals surface area contributed by atoms with Gasteiger partial charge in [-0.15, -0.1) is 15.0 Å². The molecule has 0 saturated carbocycles. The summed E-state index contributed by atoms with van der Waals surface area (Å²) in [7, 11) is 2.94. The summed E-state index contributed by atoms with van der Waals surface area (Å²) >= 11 is 0. The second-order valence-electron chi connectivity index (χ2n) is 11.4. The molecule has 10 nitrogen and oxygen atoms in total. The minimum absolute atomic E-state index is 0.130. The highest BCUT2D eigenvalue weighted by atomic mass is 16.5. The van der Waals surface area contributed by atoms with Gasteiger partial charge in [0.1, 0.15) is 45.5 Å². The molecule has 0 aliphatic carbocycles. The van der Waals surface area contributed by atoms with E-state index in [1.54, 1.807) is 78.9 Å². The number of para-hydroxylation sites is 2. The van der Waals surface area contributed by atoms with E-state index in [0.29, 0.717) is 39.4 Å². The third-order valence-corrected chi connectivity index (χ3v) is 8.12. The van der Waals surface area contributed by atoms with Gasteiger partial charge in [0.15, 0.2) is 11.6 Å². The fourth-order valence-electron chi connectivity index (χ4n) is 5.54. The number of benzene rings is 6. The number of nitrogens with zero attached hydrogens (tertiary/aromatic N) is 3. The van der Waals surface area contributed by atoms with Crippen LogP contribution in [-0.2, 0) is 6.42 Å². The first-order valence-electron chi connectivity index (χ1n) is 15.9. The fourth-order valence-corrected chi connectivity index (χ4v) is 5.54. The Morgan fingerprint density at radius 2 is 0.961 bits per heavy atom. The summed E-state index contributed by atoms with van der Waals surface area (Å²) in [5, 5.41) is 39.3. The van der Waals surface area contributed by atoms with Crippen LogP contribution in [0.2, 0.25) is 0 Å². The van der Waals surface area contributed by atoms with Gasteiger partial charge >= 0.3 is 0 Å². The van der Waals surface area contributed by atoms with Crippen LogP contribution >= 0.6 is 0 Å². The Balaban J connectivity index is 0.000000231. The maximum absolute atomic E-state index is 13.0. The third kappa shape index (κ3) is 7.40. The molecule has 254 valence electrons. The van der Waals surface area contributed by atoms with E-state index in [1.807, 2.05) is 42.5 Å². The van der Waals surface area contributed by atoms with Crippen LogP contribution in [0.15, 0.2) is 133 Å². The molecule has 0 radical (unpaired) electrons. The van der Waals surface area contributed by atoms with Crippen LogP contribution in [0.4, 0.5) is 0 Å². The molecule has 0 saturated heterocycles. The number of phenols is 3. The molecule has 6 aromatic carbocycles. The Hall–Kier alpha value is -6.94. The number of carbonyl (C=O) groups is 2. The molecular weight excluding hydrogens is 646 g/mol. The van der Waals surface area contributed by atoms with Crippen LogP contribution in [0.1, 0.15) is 43.0 Å². The molecule has 51 heavy (non-hydrogen) atoms. The molecule has 0 amide bonds. The van der Waals surface area contributed by atoms with Gasteiger partial charge in [-0.05, 0) is 47.5 Å². The van der Waals surface area contributed by atoms with Crippen LogP contribution in [-0.4, -0.2) is 56.1 Å². The van der Waals surface area contributed by atoms with Crippen molar-refractivity contribution in [3.05, 3.63) is 167 Å². The first-order chi connectivity index (χ1) is 24.8. The number of fused-ring (bicyclic) bond motifs is 1. The van der Waals surface area contributed by atoms with Gasteiger partial charge in [-0.2, -0.15) is 0 Å². The van der Waals surface area contributed by atoms with E-state index in [4.69, 9.17) is 9.47 Å². The average Bonchev–Trinajstić information content (AvgIpc) is 3.60. The van der Waals surface area contributed by atoms with Crippen molar-refractivity contribution >= 4 is 22.6 Å². The lowest BCUT2D eigenvalue weighted by molar-refractivity contribution is 0.102. The highest BCUT2D eigenvalue weighted by molar-refractivity contribution is 6.11. The van der Waals surface area contributed by atoms with E-state index in [1.165, 1.54) is 31.1 Å². The maximum Gasteiger partial charge on any atom is 0.196 e. The molecule has 1 aromatic heterocycles. The molecule has 3 N–H and O–H groups in total. The number of carbonyl (C=O) groups excluding carboxylic acids is 2. The number of ketones is 2. The Morgan fingerprint density at radius 3 is 1.39 bits per heavy atom. The van der Waals surface area contributed by atoms with E-state index >= 15 is 0 Å². The van der Waals surface area contributed by atoms with Crippen LogP contribution in [0.3, 0.4) is 0 Å². The lowest BCUT2D eigenvalue weighted by Crippen LogP contribution is -2.06. The van der Waals surface area contributed by atoms with Gasteiger partial charge in [0.2, 0.25) is 0 Å². The van der Waals surface area contributed by atoms with Gasteiger partial charge in [0.05, 0.1) is 25.3 Å². The maximum atomic E-state index is 13.0. The van der Waals surface area contributed by atoms with Crippen molar-refractivity contribution < 1.29 is 34.4 Å². The predicted octanol–water partition coefficient (Wildman–Crippen LogP) is 7.29. The zero-order valence-electron chi connectivity index (χ0n) is 27.7. The number of hydrogen-bond acceptors (Lipinski definition) is 9. The van der Waals surface area contributed by atoms with E-state index in [2.05, 4.69) is 10.2 Å². The Morgan fingerprint density at radius 1 is 0.549 bits per heavy atom. The summed E-state index contributed by atoms with van der Waals surface area (Å²) in [6, 6.07) is 37.9. The van der Waals surface area contributed by atoms with E-state index in [0.717, 1.165) is 11.0 Å². The second kappa shape index (κ2) is 15.1. The van der Waals surface area contributed by atoms with Gasteiger partial charge < -0.3 is 24.8 Å². The largest absolute Gasteiger partial charge is 0.507 e. The Bertz CT molecular complexity index is 2200. The van der Waals surface area contributed by atoms with Crippen molar-refractivity contribution in [2.24, 2.45) is 0 Å². The standard InChI is InChI=1S/C29H24O6.C12H9N3O/c1-34-26-16-24(30)22(28(32)18-9-5-3-6-10-18)14-20(26)13-21-15-23(25(31)17-27(21)35-2)29(33)19-11-7-4-8-12-19;16-12-8-4-3-7-11(12)15-13-9-5-1-2-6-10(9)14-15/h3-12,14-17,30-31H,13H2,1-2H3;1-8,16H. The predicted molar refractivity (Wildman–Crippen MR) is 192 cm³/mol. The molecule has 0 fully saturated rings. The molecular formula is C41H33N3O7. The Labute approximate surface area is 293 Å². The SMILES string of the molecule is COc1cc(O)c(C(=O)c2ccccc2)cc1Cc1cc(C(=O)c2ccccc2)c(O)cc1OC.Oc1ccccc1-n1nc2ccccc2n1. The number of aromatic nitrogens is 3. The number of ether oxygens (including phenoxy) is 2. The number of rotatable bonds is 9. The lowest BCUT2D eigenvalue weighted by Gasteiger charge is -2.16. The van der Waals surface area contributed by atoms with E-state index in [-0.39, 0.29) is 46.4 Å². The third-order valence-electron chi connectivity index (χ3n) is 8.12. The molecule has 7 aromatic rings. The molecule has 7 rings (SSSR count). The Kier molecular flexibility index (Phi) is 10.0. The van der Waals surface area contributed by atoms with Crippen LogP contribution < -0.4 is 9.47 Å². The molecule has 0 spiro atoms. The van der Waals surface area contributed by atoms with Crippen molar-refractivity contribution in [1.29, 1.82) is 0 Å². The quantitative estimate of drug-likeness (QED) is 0.134. The van der Waals surface area contributed by atoms with Crippen molar-refractivity contribution in [3.8, 4) is 34.4 Å². The summed E-state index contributed by atoms with van der Waals surface area (Å²) < 4.78 is 10.9. The van der Waals surface area contributed by atoms with Gasteiger partial charge in [-0.3, -0.25) is 9.59 Å². The smallest absolute Gasteiger partial charge is 0.196 e. The second-order valence-corrected chi connectivity index (χ2v) is 11.4. The molecule has 0 aliphatic heterocycles. The minimum atomic E-state index is -0.329. The summed E-state index contributed by atoms with van der Waals surface area (Å²) in [5.41, 5.74) is 4.55. The summed E-state index contributed by atoms with van der Waals surface area (Å²) in [6.45, 7) is 0. The molecule has 0 bridgehead atoms. The van der Waals surface area contributed by atoms with Crippen molar-refractivity contribution in [3.63, 3.8) is 0 Å². The van der Waals surface area contributed by atoms with Crippen molar-refractivity contribution in [2.45, 2.75) is 6.42 Å². The van der Waals surface area contributed by atoms with Crippen molar-refractivity contribution in [1.82, 2.24) is 15.0 Å². The van der Waals surface area contributed by atoms with Crippen LogP contribution in [0, 0.1) is 0 Å². The average molecular weight is 680 g/mol. The first-order valence-corrected chi connectivity index (χ1v) is 15.9. The van der Waals surface area contributed by atoms with Gasteiger partial charge in [0.25, 0.3) is 0 Å². The topological polar surface area (TPSA) is 144 Å². The number of methoxy groups -OCH3 is 2.